The van der Waals surface area contributed by atoms with Crippen molar-refractivity contribution >= 4 is 46.5 Å². The number of hydrogen-bond acceptors (Lipinski definition) is 3. The molecule has 0 saturated carbocycles. The largest absolute Gasteiger partial charge is 0.348 e. The molecule has 4 heteroatoms. The Morgan fingerprint density at radius 3 is 2.80 bits per heavy atom. The number of aliphatic imine (C=N–C) groups is 1. The average molecular weight is 228 g/mol. The van der Waals surface area contributed by atoms with Crippen molar-refractivity contribution in [1.29, 1.82) is 0 Å². The molecule has 15 heavy (non-hydrogen) atoms. The van der Waals surface area contributed by atoms with Gasteiger partial charge >= 0.3 is 29.6 Å². The summed E-state index contributed by atoms with van der Waals surface area (Å²) in [6.07, 6.45) is 0. The topological polar surface area (TPSA) is 15.6 Å². The molecule has 1 unspecified atom stereocenters. The smallest absolute Gasteiger partial charge is 0.160 e. The van der Waals surface area contributed by atoms with E-state index in [9.17, 15) is 0 Å². The van der Waals surface area contributed by atoms with Crippen LogP contribution in [0.4, 0.5) is 0 Å². The molecule has 1 fully saturated rings. The molecular weight excluding hydrogens is 215 g/mol. The predicted octanol–water partition coefficient (Wildman–Crippen LogP) is 1.50. The van der Waals surface area contributed by atoms with Gasteiger partial charge in [0.2, 0.25) is 0 Å². The second-order valence-electron chi connectivity index (χ2n) is 3.63. The third-order valence-corrected chi connectivity index (χ3v) is 3.72. The number of nitrogens with zero attached hydrogens (tertiary/aromatic N) is 2. The van der Waals surface area contributed by atoms with Crippen molar-refractivity contribution in [3.8, 4) is 0 Å². The minimum atomic E-state index is 0. The quantitative estimate of drug-likeness (QED) is 0.677. The van der Waals surface area contributed by atoms with Gasteiger partial charge in [-0.25, -0.2) is 0 Å². The molecule has 3 rings (SSSR count). The fourth-order valence-corrected chi connectivity index (χ4v) is 3.00. The van der Waals surface area contributed by atoms with Gasteiger partial charge in [-0.15, -0.1) is 0 Å². The Morgan fingerprint density at radius 1 is 1.27 bits per heavy atom. The van der Waals surface area contributed by atoms with Crippen LogP contribution in [-0.4, -0.2) is 58.5 Å². The molecule has 1 saturated heterocycles. The van der Waals surface area contributed by atoms with Gasteiger partial charge in [0.25, 0.3) is 0 Å². The Kier molecular flexibility index (Phi) is 3.78. The first kappa shape index (κ1) is 11.5. The van der Waals surface area contributed by atoms with Gasteiger partial charge in [-0.2, -0.15) is 0 Å². The Morgan fingerprint density at radius 2 is 2.07 bits per heavy atom. The van der Waals surface area contributed by atoms with Gasteiger partial charge in [0.05, 0.1) is 6.04 Å². The number of benzene rings is 1. The van der Waals surface area contributed by atoms with Crippen LogP contribution in [0.3, 0.4) is 0 Å². The van der Waals surface area contributed by atoms with Crippen molar-refractivity contribution in [3.63, 3.8) is 0 Å². The van der Waals surface area contributed by atoms with E-state index in [1.165, 1.54) is 23.0 Å². The maximum Gasteiger partial charge on any atom is 0.160 e. The van der Waals surface area contributed by atoms with Crippen LogP contribution in [0.2, 0.25) is 0 Å². The standard InChI is InChI=1S/C11H12N2S.Na.H/c1-2-4-9(5-3-1)10-8-13-6-7-14-11(13)12-10;;/h1-5,10H,6-8H2;;. The number of rotatable bonds is 1. The number of fused-ring (bicyclic) bond motifs is 1. The number of hydrogen-bond donors (Lipinski definition) is 0. The minimum absolute atomic E-state index is 0. The molecule has 0 amide bonds. The SMILES string of the molecule is [NaH].c1ccc(C2CN3CCSC3=N2)cc1. The molecule has 0 N–H and O–H groups in total. The first-order valence-corrected chi connectivity index (χ1v) is 5.92. The van der Waals surface area contributed by atoms with Gasteiger partial charge < -0.3 is 4.90 Å². The van der Waals surface area contributed by atoms with Crippen LogP contribution in [0.15, 0.2) is 35.3 Å². The third kappa shape index (κ3) is 2.26. The fraction of sp³-hybridized carbons (Fsp3) is 0.364. The Balaban J connectivity index is 0.000000853. The van der Waals surface area contributed by atoms with E-state index in [0.717, 1.165) is 6.54 Å². The summed E-state index contributed by atoms with van der Waals surface area (Å²) in [7, 11) is 0. The summed E-state index contributed by atoms with van der Waals surface area (Å²) in [4.78, 5) is 7.12. The van der Waals surface area contributed by atoms with E-state index in [0.29, 0.717) is 6.04 Å². The van der Waals surface area contributed by atoms with Crippen molar-refractivity contribution in [1.82, 2.24) is 4.90 Å². The molecule has 0 spiro atoms. The van der Waals surface area contributed by atoms with Crippen molar-refractivity contribution in [3.05, 3.63) is 35.9 Å². The molecule has 74 valence electrons. The molecule has 2 nitrogen and oxygen atoms in total. The van der Waals surface area contributed by atoms with Gasteiger partial charge in [-0.1, -0.05) is 42.1 Å². The first-order chi connectivity index (χ1) is 6.93. The molecule has 2 aliphatic heterocycles. The molecule has 2 aliphatic rings. The van der Waals surface area contributed by atoms with Gasteiger partial charge in [-0.05, 0) is 5.56 Å². The van der Waals surface area contributed by atoms with Crippen LogP contribution >= 0.6 is 11.8 Å². The summed E-state index contributed by atoms with van der Waals surface area (Å²) >= 11 is 1.89. The zero-order valence-electron chi connectivity index (χ0n) is 7.89. The molecule has 1 aromatic carbocycles. The molecule has 2 heterocycles. The van der Waals surface area contributed by atoms with Gasteiger partial charge in [0.1, 0.15) is 0 Å². The van der Waals surface area contributed by atoms with Crippen LogP contribution in [0.1, 0.15) is 11.6 Å². The Labute approximate surface area is 116 Å². The zero-order chi connectivity index (χ0) is 9.38. The molecule has 1 aromatic rings. The van der Waals surface area contributed by atoms with E-state index in [1.807, 2.05) is 11.8 Å². The summed E-state index contributed by atoms with van der Waals surface area (Å²) < 4.78 is 0. The minimum Gasteiger partial charge on any atom is -0.348 e. The van der Waals surface area contributed by atoms with E-state index >= 15 is 0 Å². The summed E-state index contributed by atoms with van der Waals surface area (Å²) in [5.41, 5.74) is 1.34. The maximum atomic E-state index is 4.73. The van der Waals surface area contributed by atoms with Crippen LogP contribution in [-0.2, 0) is 0 Å². The summed E-state index contributed by atoms with van der Waals surface area (Å²) in [6.45, 7) is 2.25. The van der Waals surface area contributed by atoms with E-state index in [2.05, 4.69) is 35.2 Å². The molecule has 1 atom stereocenters. The number of thioether (sulfide) groups is 1. The molecule has 0 radical (unpaired) electrons. The summed E-state index contributed by atoms with van der Waals surface area (Å²) in [5, 5.41) is 1.25. The monoisotopic (exact) mass is 228 g/mol. The fourth-order valence-electron chi connectivity index (χ4n) is 1.96. The van der Waals surface area contributed by atoms with Gasteiger partial charge in [0, 0.05) is 18.8 Å². The van der Waals surface area contributed by atoms with E-state index < -0.39 is 0 Å². The first-order valence-electron chi connectivity index (χ1n) is 4.94. The summed E-state index contributed by atoms with van der Waals surface area (Å²) in [5.74, 6) is 1.21. The van der Waals surface area contributed by atoms with Crippen LogP contribution in [0, 0.1) is 0 Å². The normalized spacial score (nSPS) is 23.3. The third-order valence-electron chi connectivity index (χ3n) is 2.71. The van der Waals surface area contributed by atoms with Crippen LogP contribution in [0.25, 0.3) is 0 Å². The van der Waals surface area contributed by atoms with Gasteiger partial charge in [-0.3, -0.25) is 4.99 Å². The number of amidine groups is 1. The molecule has 0 bridgehead atoms. The van der Waals surface area contributed by atoms with E-state index in [4.69, 9.17) is 4.99 Å². The molecule has 0 aromatic heterocycles. The average Bonchev–Trinajstić information content (AvgIpc) is 2.78. The van der Waals surface area contributed by atoms with Crippen molar-refractivity contribution < 1.29 is 0 Å². The Hall–Kier alpha value is 0.0400. The second kappa shape index (κ2) is 4.91. The molecule has 0 aliphatic carbocycles. The second-order valence-corrected chi connectivity index (χ2v) is 4.69. The van der Waals surface area contributed by atoms with Crippen molar-refractivity contribution in [2.45, 2.75) is 6.04 Å². The van der Waals surface area contributed by atoms with Crippen LogP contribution < -0.4 is 0 Å². The maximum absolute atomic E-state index is 4.73. The Bertz CT molecular complexity index is 366. The molecular formula is C11H13N2NaS. The van der Waals surface area contributed by atoms with E-state index in [-0.39, 0.29) is 29.6 Å². The van der Waals surface area contributed by atoms with Crippen molar-refractivity contribution in [2.75, 3.05) is 18.8 Å². The van der Waals surface area contributed by atoms with Crippen molar-refractivity contribution in [2.24, 2.45) is 4.99 Å². The van der Waals surface area contributed by atoms with Gasteiger partial charge in [0.15, 0.2) is 5.17 Å². The zero-order valence-corrected chi connectivity index (χ0v) is 8.70. The van der Waals surface area contributed by atoms with E-state index in [1.54, 1.807) is 0 Å². The summed E-state index contributed by atoms with van der Waals surface area (Å²) in [6, 6.07) is 10.9. The predicted molar refractivity (Wildman–Crippen MR) is 67.8 cm³/mol. The van der Waals surface area contributed by atoms with Crippen LogP contribution in [0.5, 0.6) is 0 Å².